The maximum absolute atomic E-state index is 9.57. The summed E-state index contributed by atoms with van der Waals surface area (Å²) in [5.41, 5.74) is 3.95. The minimum atomic E-state index is 0.572. The summed E-state index contributed by atoms with van der Waals surface area (Å²) in [6.45, 7) is 4.02. The van der Waals surface area contributed by atoms with Crippen LogP contribution in [0.1, 0.15) is 5.56 Å². The van der Waals surface area contributed by atoms with Crippen molar-refractivity contribution < 1.29 is 0 Å². The molecule has 0 amide bonds. The zero-order valence-electron chi connectivity index (χ0n) is 14.6. The summed E-state index contributed by atoms with van der Waals surface area (Å²) in [6, 6.07) is 16.2. The average molecular weight is 342 g/mol. The Kier molecular flexibility index (Phi) is 3.30. The van der Waals surface area contributed by atoms with Crippen molar-refractivity contribution in [1.82, 2.24) is 19.3 Å². The van der Waals surface area contributed by atoms with Gasteiger partial charge < -0.3 is 9.80 Å². The highest BCUT2D eigenvalue weighted by molar-refractivity contribution is 5.91. The number of rotatable bonds is 1. The molecule has 0 aliphatic carbocycles. The number of nitrogens with zero attached hydrogens (tertiary/aromatic N) is 6. The molecular formula is C20H18N6. The van der Waals surface area contributed by atoms with Gasteiger partial charge in [0.2, 0.25) is 0 Å². The minimum Gasteiger partial charge on any atom is -0.354 e. The van der Waals surface area contributed by atoms with E-state index in [4.69, 9.17) is 4.98 Å². The second-order valence-electron chi connectivity index (χ2n) is 6.80. The van der Waals surface area contributed by atoms with Crippen molar-refractivity contribution in [2.24, 2.45) is 0 Å². The van der Waals surface area contributed by atoms with Crippen LogP contribution in [-0.4, -0.2) is 52.5 Å². The predicted octanol–water partition coefficient (Wildman–Crippen LogP) is 2.66. The van der Waals surface area contributed by atoms with E-state index in [9.17, 15) is 5.26 Å². The number of benzene rings is 1. The monoisotopic (exact) mass is 342 g/mol. The van der Waals surface area contributed by atoms with E-state index in [-0.39, 0.29) is 0 Å². The second-order valence-corrected chi connectivity index (χ2v) is 6.80. The van der Waals surface area contributed by atoms with Crippen LogP contribution in [0, 0.1) is 11.3 Å². The molecule has 5 rings (SSSR count). The van der Waals surface area contributed by atoms with Crippen molar-refractivity contribution >= 4 is 33.5 Å². The lowest BCUT2D eigenvalue weighted by atomic mass is 10.2. The number of likely N-dealkylation sites (N-methyl/N-ethyl adjacent to an activating group) is 1. The Bertz CT molecular complexity index is 1180. The van der Waals surface area contributed by atoms with Gasteiger partial charge in [0.05, 0.1) is 16.6 Å². The molecule has 128 valence electrons. The molecule has 6 nitrogen and oxygen atoms in total. The first-order valence-corrected chi connectivity index (χ1v) is 8.79. The topological polar surface area (TPSA) is 60.5 Å². The fourth-order valence-electron chi connectivity index (χ4n) is 3.68. The van der Waals surface area contributed by atoms with Gasteiger partial charge in [0.25, 0.3) is 0 Å². The third kappa shape index (κ3) is 2.21. The van der Waals surface area contributed by atoms with Crippen molar-refractivity contribution in [2.45, 2.75) is 0 Å². The summed E-state index contributed by atoms with van der Waals surface area (Å²) in [5.74, 6) is 0.981. The number of anilines is 1. The Hall–Kier alpha value is -3.17. The number of piperazine rings is 1. The molecule has 1 aromatic carbocycles. The fourth-order valence-corrected chi connectivity index (χ4v) is 3.68. The number of fused-ring (bicyclic) bond motifs is 5. The summed E-state index contributed by atoms with van der Waals surface area (Å²) in [4.78, 5) is 14.3. The largest absolute Gasteiger partial charge is 0.354 e. The molecule has 1 saturated heterocycles. The van der Waals surface area contributed by atoms with Crippen molar-refractivity contribution in [3.8, 4) is 6.07 Å². The number of imidazole rings is 1. The van der Waals surface area contributed by atoms with Crippen LogP contribution in [0.3, 0.4) is 0 Å². The van der Waals surface area contributed by atoms with E-state index >= 15 is 0 Å². The van der Waals surface area contributed by atoms with Crippen molar-refractivity contribution in [3.63, 3.8) is 0 Å². The van der Waals surface area contributed by atoms with Crippen LogP contribution < -0.4 is 4.90 Å². The number of nitriles is 1. The second kappa shape index (κ2) is 5.68. The van der Waals surface area contributed by atoms with Gasteiger partial charge in [0, 0.05) is 31.6 Å². The summed E-state index contributed by atoms with van der Waals surface area (Å²) in [6.07, 6.45) is 0. The molecule has 6 heteroatoms. The normalized spacial score (nSPS) is 15.8. The van der Waals surface area contributed by atoms with Gasteiger partial charge in [0.1, 0.15) is 17.5 Å². The Morgan fingerprint density at radius 1 is 0.962 bits per heavy atom. The van der Waals surface area contributed by atoms with Crippen LogP contribution in [0.15, 0.2) is 42.5 Å². The summed E-state index contributed by atoms with van der Waals surface area (Å²) in [7, 11) is 2.15. The third-order valence-corrected chi connectivity index (χ3v) is 5.15. The van der Waals surface area contributed by atoms with Crippen molar-refractivity contribution in [2.75, 3.05) is 38.1 Å². The van der Waals surface area contributed by atoms with Crippen LogP contribution in [0.25, 0.3) is 27.7 Å². The highest BCUT2D eigenvalue weighted by atomic mass is 15.3. The molecule has 4 heterocycles. The summed E-state index contributed by atoms with van der Waals surface area (Å²) in [5, 5.41) is 10.5. The first-order valence-electron chi connectivity index (χ1n) is 8.79. The van der Waals surface area contributed by atoms with Gasteiger partial charge in [-0.25, -0.2) is 9.97 Å². The fraction of sp³-hybridized carbons (Fsp3) is 0.250. The molecule has 0 radical (unpaired) electrons. The molecule has 0 atom stereocenters. The van der Waals surface area contributed by atoms with E-state index in [0.717, 1.165) is 54.1 Å². The lowest BCUT2D eigenvalue weighted by Crippen LogP contribution is -2.44. The smallest absolute Gasteiger partial charge is 0.157 e. The van der Waals surface area contributed by atoms with Crippen LogP contribution in [0.2, 0.25) is 0 Å². The van der Waals surface area contributed by atoms with Crippen molar-refractivity contribution in [1.29, 1.82) is 5.26 Å². The summed E-state index contributed by atoms with van der Waals surface area (Å²) < 4.78 is 2.02. The van der Waals surface area contributed by atoms with Crippen LogP contribution in [0.4, 0.5) is 5.82 Å². The highest BCUT2D eigenvalue weighted by Crippen LogP contribution is 2.27. The zero-order chi connectivity index (χ0) is 17.7. The van der Waals surface area contributed by atoms with E-state index < -0.39 is 0 Å². The number of hydrogen-bond donors (Lipinski definition) is 0. The first kappa shape index (κ1) is 15.1. The number of hydrogen-bond acceptors (Lipinski definition) is 5. The van der Waals surface area contributed by atoms with Gasteiger partial charge in [-0.1, -0.05) is 12.1 Å². The lowest BCUT2D eigenvalue weighted by Gasteiger charge is -2.33. The molecule has 26 heavy (non-hydrogen) atoms. The van der Waals surface area contributed by atoms with Crippen LogP contribution >= 0.6 is 0 Å². The Labute approximate surface area is 150 Å². The maximum atomic E-state index is 9.57. The van der Waals surface area contributed by atoms with Gasteiger partial charge in [0.15, 0.2) is 5.65 Å². The zero-order valence-corrected chi connectivity index (χ0v) is 14.6. The average Bonchev–Trinajstić information content (AvgIpc) is 3.07. The van der Waals surface area contributed by atoms with E-state index in [2.05, 4.69) is 40.0 Å². The van der Waals surface area contributed by atoms with E-state index in [0.29, 0.717) is 11.2 Å². The van der Waals surface area contributed by atoms with Gasteiger partial charge in [-0.2, -0.15) is 5.26 Å². The van der Waals surface area contributed by atoms with Crippen LogP contribution in [-0.2, 0) is 0 Å². The molecule has 4 aromatic rings. The number of para-hydroxylation sites is 2. The van der Waals surface area contributed by atoms with E-state index in [1.165, 1.54) is 0 Å². The van der Waals surface area contributed by atoms with Crippen molar-refractivity contribution in [3.05, 3.63) is 48.0 Å². The Morgan fingerprint density at radius 2 is 1.77 bits per heavy atom. The molecule has 1 aliphatic heterocycles. The Balaban J connectivity index is 1.79. The van der Waals surface area contributed by atoms with Gasteiger partial charge in [-0.15, -0.1) is 0 Å². The minimum absolute atomic E-state index is 0.572. The molecule has 0 spiro atoms. The Morgan fingerprint density at radius 3 is 2.58 bits per heavy atom. The van der Waals surface area contributed by atoms with Gasteiger partial charge in [-0.05, 0) is 37.4 Å². The van der Waals surface area contributed by atoms with E-state index in [1.807, 2.05) is 34.7 Å². The standard InChI is InChI=1S/C20H18N6/c1-24-8-10-25(11-9-24)18-7-6-14-12-15(13-21)20-22-16-4-2-3-5-17(16)26(20)19(14)23-18/h2-7,12H,8-11H2,1H3. The molecule has 1 fully saturated rings. The summed E-state index contributed by atoms with van der Waals surface area (Å²) >= 11 is 0. The van der Waals surface area contributed by atoms with Gasteiger partial charge >= 0.3 is 0 Å². The molecule has 0 N–H and O–H groups in total. The molecular weight excluding hydrogens is 324 g/mol. The third-order valence-electron chi connectivity index (χ3n) is 5.15. The lowest BCUT2D eigenvalue weighted by molar-refractivity contribution is 0.312. The molecule has 0 unspecified atom stereocenters. The van der Waals surface area contributed by atoms with Crippen LogP contribution in [0.5, 0.6) is 0 Å². The molecule has 1 aliphatic rings. The SMILES string of the molecule is CN1CCN(c2ccc3cc(C#N)c4nc5ccccc5n4c3n2)CC1. The van der Waals surface area contributed by atoms with Gasteiger partial charge in [-0.3, -0.25) is 4.40 Å². The molecule has 0 bridgehead atoms. The van der Waals surface area contributed by atoms with E-state index in [1.54, 1.807) is 0 Å². The molecule has 3 aromatic heterocycles. The quantitative estimate of drug-likeness (QED) is 0.532. The first-order chi connectivity index (χ1) is 12.7. The predicted molar refractivity (Wildman–Crippen MR) is 102 cm³/mol. The molecule has 0 saturated carbocycles. The number of aromatic nitrogens is 3. The number of pyridine rings is 2. The maximum Gasteiger partial charge on any atom is 0.157 e. The highest BCUT2D eigenvalue weighted by Gasteiger charge is 2.18.